The van der Waals surface area contributed by atoms with Crippen LogP contribution >= 0.6 is 12.2 Å². The number of rotatable bonds is 3. The highest BCUT2D eigenvalue weighted by Gasteiger charge is 2.01. The van der Waals surface area contributed by atoms with Crippen LogP contribution in [0.15, 0.2) is 30.6 Å². The molecule has 2 aromatic rings. The second-order valence-electron chi connectivity index (χ2n) is 3.57. The number of thiocarbonyl (C=S) groups is 1. The van der Waals surface area contributed by atoms with Gasteiger partial charge in [-0.05, 0) is 30.7 Å². The Morgan fingerprint density at radius 2 is 2.31 bits per heavy atom. The van der Waals surface area contributed by atoms with E-state index in [1.807, 2.05) is 36.0 Å². The van der Waals surface area contributed by atoms with E-state index >= 15 is 0 Å². The topological polar surface area (TPSA) is 56.7 Å². The molecule has 0 saturated carbocycles. The van der Waals surface area contributed by atoms with E-state index in [2.05, 4.69) is 10.1 Å². The molecule has 0 unspecified atom stereocenters. The van der Waals surface area contributed by atoms with Gasteiger partial charge < -0.3 is 5.73 Å². The predicted octanol–water partition coefficient (Wildman–Crippen LogP) is 1.27. The quantitative estimate of drug-likeness (QED) is 0.810. The summed E-state index contributed by atoms with van der Waals surface area (Å²) in [7, 11) is 0. The van der Waals surface area contributed by atoms with Gasteiger partial charge in [-0.1, -0.05) is 12.2 Å². The van der Waals surface area contributed by atoms with Crippen molar-refractivity contribution >= 4 is 17.2 Å². The van der Waals surface area contributed by atoms with Gasteiger partial charge >= 0.3 is 0 Å². The first-order valence-electron chi connectivity index (χ1n) is 4.90. The van der Waals surface area contributed by atoms with Gasteiger partial charge in [-0.2, -0.15) is 5.10 Å². The molecular formula is C11H12N4S. The Kier molecular flexibility index (Phi) is 2.96. The Hall–Kier alpha value is -1.75. The summed E-state index contributed by atoms with van der Waals surface area (Å²) >= 11 is 4.88. The van der Waals surface area contributed by atoms with E-state index in [-0.39, 0.29) is 0 Å². The summed E-state index contributed by atoms with van der Waals surface area (Å²) in [5, 5.41) is 4.31. The summed E-state index contributed by atoms with van der Waals surface area (Å²) in [5.41, 5.74) is 8.26. The fourth-order valence-electron chi connectivity index (χ4n) is 1.45. The molecule has 0 aromatic carbocycles. The van der Waals surface area contributed by atoms with Gasteiger partial charge in [-0.25, -0.2) is 0 Å². The van der Waals surface area contributed by atoms with Crippen LogP contribution in [0.2, 0.25) is 0 Å². The molecule has 0 radical (unpaired) electrons. The Morgan fingerprint density at radius 1 is 1.50 bits per heavy atom. The van der Waals surface area contributed by atoms with Crippen LogP contribution < -0.4 is 5.73 Å². The van der Waals surface area contributed by atoms with Crippen molar-refractivity contribution in [2.24, 2.45) is 5.73 Å². The van der Waals surface area contributed by atoms with E-state index in [0.29, 0.717) is 17.2 Å². The maximum atomic E-state index is 5.53. The molecule has 0 aliphatic rings. The molecule has 0 atom stereocenters. The molecule has 0 aliphatic carbocycles. The second kappa shape index (κ2) is 4.40. The summed E-state index contributed by atoms with van der Waals surface area (Å²) in [6.45, 7) is 2.66. The van der Waals surface area contributed by atoms with E-state index in [4.69, 9.17) is 18.0 Å². The SMILES string of the molecule is Cc1ccn(Cc2ccnc(C(N)=S)c2)n1. The van der Waals surface area contributed by atoms with Gasteiger partial charge in [-0.3, -0.25) is 9.67 Å². The van der Waals surface area contributed by atoms with Crippen molar-refractivity contribution in [1.29, 1.82) is 0 Å². The van der Waals surface area contributed by atoms with Crippen molar-refractivity contribution < 1.29 is 0 Å². The third-order valence-corrected chi connectivity index (χ3v) is 2.40. The molecule has 0 amide bonds. The number of aryl methyl sites for hydroxylation is 1. The molecule has 2 N–H and O–H groups in total. The zero-order valence-corrected chi connectivity index (χ0v) is 9.74. The molecule has 82 valence electrons. The molecule has 0 aliphatic heterocycles. The van der Waals surface area contributed by atoms with Crippen LogP contribution in [0.1, 0.15) is 17.0 Å². The highest BCUT2D eigenvalue weighted by molar-refractivity contribution is 7.80. The molecule has 2 rings (SSSR count). The van der Waals surface area contributed by atoms with Crippen LogP contribution in [0.5, 0.6) is 0 Å². The maximum Gasteiger partial charge on any atom is 0.122 e. The van der Waals surface area contributed by atoms with Gasteiger partial charge in [0.1, 0.15) is 4.99 Å². The largest absolute Gasteiger partial charge is 0.388 e. The number of aromatic nitrogens is 3. The fourth-order valence-corrected chi connectivity index (χ4v) is 1.56. The van der Waals surface area contributed by atoms with Crippen LogP contribution in [-0.2, 0) is 6.54 Å². The second-order valence-corrected chi connectivity index (χ2v) is 4.01. The first-order valence-corrected chi connectivity index (χ1v) is 5.31. The molecule has 2 heterocycles. The Bertz CT molecular complexity index is 518. The Labute approximate surface area is 99.1 Å². The van der Waals surface area contributed by atoms with Gasteiger partial charge in [0.2, 0.25) is 0 Å². The maximum absolute atomic E-state index is 5.53. The number of pyridine rings is 1. The summed E-state index contributed by atoms with van der Waals surface area (Å²) in [5.74, 6) is 0. The fraction of sp³-hybridized carbons (Fsp3) is 0.182. The van der Waals surface area contributed by atoms with Crippen molar-refractivity contribution in [3.63, 3.8) is 0 Å². The van der Waals surface area contributed by atoms with Crippen molar-refractivity contribution in [1.82, 2.24) is 14.8 Å². The van der Waals surface area contributed by atoms with E-state index in [1.165, 1.54) is 0 Å². The number of nitrogens with zero attached hydrogens (tertiary/aromatic N) is 3. The lowest BCUT2D eigenvalue weighted by atomic mass is 10.2. The van der Waals surface area contributed by atoms with Gasteiger partial charge in [0.25, 0.3) is 0 Å². The highest BCUT2D eigenvalue weighted by Crippen LogP contribution is 2.04. The van der Waals surface area contributed by atoms with Crippen molar-refractivity contribution in [2.75, 3.05) is 0 Å². The minimum Gasteiger partial charge on any atom is -0.388 e. The number of hydrogen-bond donors (Lipinski definition) is 1. The van der Waals surface area contributed by atoms with E-state index in [1.54, 1.807) is 6.20 Å². The molecule has 16 heavy (non-hydrogen) atoms. The molecule has 0 spiro atoms. The Balaban J connectivity index is 2.21. The van der Waals surface area contributed by atoms with Crippen molar-refractivity contribution in [2.45, 2.75) is 13.5 Å². The van der Waals surface area contributed by atoms with E-state index in [0.717, 1.165) is 11.3 Å². The van der Waals surface area contributed by atoms with Gasteiger partial charge in [0, 0.05) is 12.4 Å². The minimum atomic E-state index is 0.318. The van der Waals surface area contributed by atoms with Gasteiger partial charge in [-0.15, -0.1) is 0 Å². The number of hydrogen-bond acceptors (Lipinski definition) is 3. The van der Waals surface area contributed by atoms with Crippen LogP contribution in [0, 0.1) is 6.92 Å². The zero-order chi connectivity index (χ0) is 11.5. The van der Waals surface area contributed by atoms with Crippen molar-refractivity contribution in [3.8, 4) is 0 Å². The molecule has 5 heteroatoms. The molecule has 0 bridgehead atoms. The summed E-state index contributed by atoms with van der Waals surface area (Å²) in [6.07, 6.45) is 3.65. The molecule has 4 nitrogen and oxygen atoms in total. The Morgan fingerprint density at radius 3 is 2.94 bits per heavy atom. The van der Waals surface area contributed by atoms with E-state index in [9.17, 15) is 0 Å². The normalized spacial score (nSPS) is 10.3. The van der Waals surface area contributed by atoms with Gasteiger partial charge in [0.15, 0.2) is 0 Å². The third kappa shape index (κ3) is 2.43. The monoisotopic (exact) mass is 232 g/mol. The highest BCUT2D eigenvalue weighted by atomic mass is 32.1. The van der Waals surface area contributed by atoms with Crippen molar-refractivity contribution in [3.05, 3.63) is 47.5 Å². The lowest BCUT2D eigenvalue weighted by Gasteiger charge is -2.03. The smallest absolute Gasteiger partial charge is 0.122 e. The molecule has 0 saturated heterocycles. The van der Waals surface area contributed by atoms with E-state index < -0.39 is 0 Å². The molecular weight excluding hydrogens is 220 g/mol. The standard InChI is InChI=1S/C11H12N4S/c1-8-3-5-15(14-8)7-9-2-4-13-10(6-9)11(12)16/h2-6H,7H2,1H3,(H2,12,16). The summed E-state index contributed by atoms with van der Waals surface area (Å²) < 4.78 is 1.87. The summed E-state index contributed by atoms with van der Waals surface area (Å²) in [4.78, 5) is 4.41. The minimum absolute atomic E-state index is 0.318. The zero-order valence-electron chi connectivity index (χ0n) is 8.92. The lowest BCUT2D eigenvalue weighted by molar-refractivity contribution is 0.678. The number of nitrogens with two attached hydrogens (primary N) is 1. The van der Waals surface area contributed by atoms with Crippen LogP contribution in [0.3, 0.4) is 0 Å². The average Bonchev–Trinajstić information content (AvgIpc) is 2.64. The first kappa shape index (κ1) is 10.8. The molecule has 0 fully saturated rings. The third-order valence-electron chi connectivity index (χ3n) is 2.20. The van der Waals surface area contributed by atoms with Crippen LogP contribution in [-0.4, -0.2) is 19.8 Å². The van der Waals surface area contributed by atoms with Crippen LogP contribution in [0.4, 0.5) is 0 Å². The first-order chi connectivity index (χ1) is 7.65. The van der Waals surface area contributed by atoms with Crippen LogP contribution in [0.25, 0.3) is 0 Å². The average molecular weight is 232 g/mol. The lowest BCUT2D eigenvalue weighted by Crippen LogP contribution is -2.12. The predicted molar refractivity (Wildman–Crippen MR) is 66.2 cm³/mol. The molecule has 2 aromatic heterocycles. The van der Waals surface area contributed by atoms with Gasteiger partial charge in [0.05, 0.1) is 17.9 Å². The summed E-state index contributed by atoms with van der Waals surface area (Å²) in [6, 6.07) is 5.79.